The van der Waals surface area contributed by atoms with Gasteiger partial charge in [0.2, 0.25) is 0 Å². The summed E-state index contributed by atoms with van der Waals surface area (Å²) < 4.78 is 5.15. The predicted octanol–water partition coefficient (Wildman–Crippen LogP) is 2.15. The lowest BCUT2D eigenvalue weighted by atomic mass is 9.89. The van der Waals surface area contributed by atoms with Crippen LogP contribution in [-0.4, -0.2) is 28.3 Å². The van der Waals surface area contributed by atoms with Gasteiger partial charge in [-0.05, 0) is 40.5 Å². The molecule has 1 rings (SSSR count). The van der Waals surface area contributed by atoms with Crippen molar-refractivity contribution in [3.05, 3.63) is 0 Å². The van der Waals surface area contributed by atoms with Crippen LogP contribution >= 0.6 is 0 Å². The molecule has 0 aromatic rings. The molecule has 1 amide bonds. The number of alkyl carbamates (subject to hydrolysis) is 1. The average molecular weight is 243 g/mol. The Kier molecular flexibility index (Phi) is 3.69. The van der Waals surface area contributed by atoms with Crippen LogP contribution in [0.4, 0.5) is 4.79 Å². The number of aliphatic carboxylic acids is 1. The zero-order valence-corrected chi connectivity index (χ0v) is 10.9. The Bertz CT molecular complexity index is 321. The number of carboxylic acids is 1. The quantitative estimate of drug-likeness (QED) is 0.779. The molecule has 0 saturated heterocycles. The van der Waals surface area contributed by atoms with Crippen LogP contribution in [-0.2, 0) is 9.53 Å². The first-order chi connectivity index (χ1) is 7.64. The van der Waals surface area contributed by atoms with E-state index in [0.29, 0.717) is 12.8 Å². The molecule has 98 valence electrons. The van der Waals surface area contributed by atoms with E-state index in [1.165, 1.54) is 0 Å². The third-order valence-corrected chi connectivity index (χ3v) is 3.04. The van der Waals surface area contributed by atoms with Gasteiger partial charge < -0.3 is 15.2 Å². The van der Waals surface area contributed by atoms with E-state index < -0.39 is 29.1 Å². The fraction of sp³-hybridized carbons (Fsp3) is 0.833. The fourth-order valence-corrected chi connectivity index (χ4v) is 2.25. The summed E-state index contributed by atoms with van der Waals surface area (Å²) in [5.41, 5.74) is -1.27. The van der Waals surface area contributed by atoms with E-state index in [4.69, 9.17) is 9.84 Å². The Morgan fingerprint density at radius 3 is 2.47 bits per heavy atom. The van der Waals surface area contributed by atoms with Gasteiger partial charge in [0, 0.05) is 0 Å². The highest BCUT2D eigenvalue weighted by atomic mass is 16.6. The Labute approximate surface area is 102 Å². The van der Waals surface area contributed by atoms with Crippen molar-refractivity contribution in [2.75, 3.05) is 0 Å². The molecule has 0 heterocycles. The number of carboxylic acid groups (broad SMARTS) is 1. The lowest BCUT2D eigenvalue weighted by molar-refractivity contribution is -0.143. The van der Waals surface area contributed by atoms with Crippen LogP contribution in [0.2, 0.25) is 0 Å². The Hall–Kier alpha value is -1.26. The summed E-state index contributed by atoms with van der Waals surface area (Å²) in [7, 11) is 0. The van der Waals surface area contributed by atoms with Gasteiger partial charge in [-0.1, -0.05) is 6.42 Å². The van der Waals surface area contributed by atoms with Gasteiger partial charge >= 0.3 is 12.1 Å². The van der Waals surface area contributed by atoms with Gasteiger partial charge in [0.1, 0.15) is 5.60 Å². The summed E-state index contributed by atoms with van der Waals surface area (Å²) in [5.74, 6) is -1.39. The van der Waals surface area contributed by atoms with Crippen molar-refractivity contribution in [1.82, 2.24) is 5.32 Å². The summed E-state index contributed by atoms with van der Waals surface area (Å²) >= 11 is 0. The van der Waals surface area contributed by atoms with E-state index in [1.807, 2.05) is 0 Å². The number of hydrogen-bond donors (Lipinski definition) is 2. The maximum Gasteiger partial charge on any atom is 0.408 e. The van der Waals surface area contributed by atoms with Crippen molar-refractivity contribution in [1.29, 1.82) is 0 Å². The molecule has 1 fully saturated rings. The maximum absolute atomic E-state index is 11.7. The zero-order chi connectivity index (χ0) is 13.3. The first-order valence-electron chi connectivity index (χ1n) is 5.88. The van der Waals surface area contributed by atoms with Crippen LogP contribution in [0.5, 0.6) is 0 Å². The zero-order valence-electron chi connectivity index (χ0n) is 10.9. The second-order valence-corrected chi connectivity index (χ2v) is 5.83. The smallest absolute Gasteiger partial charge is 0.408 e. The third kappa shape index (κ3) is 3.61. The van der Waals surface area contributed by atoms with Gasteiger partial charge in [0.05, 0.1) is 11.5 Å². The molecule has 0 unspecified atom stereocenters. The highest BCUT2D eigenvalue weighted by Crippen LogP contribution is 2.35. The van der Waals surface area contributed by atoms with Gasteiger partial charge in [-0.25, -0.2) is 4.79 Å². The molecule has 0 aliphatic heterocycles. The minimum Gasteiger partial charge on any atom is -0.481 e. The molecule has 0 aromatic carbocycles. The number of nitrogens with one attached hydrogen (secondary N) is 1. The van der Waals surface area contributed by atoms with E-state index in [0.717, 1.165) is 6.42 Å². The highest BCUT2D eigenvalue weighted by Gasteiger charge is 2.45. The van der Waals surface area contributed by atoms with Crippen LogP contribution in [0.1, 0.15) is 47.0 Å². The van der Waals surface area contributed by atoms with Crippen molar-refractivity contribution < 1.29 is 19.4 Å². The minimum atomic E-state index is -0.860. The van der Waals surface area contributed by atoms with Gasteiger partial charge in [-0.2, -0.15) is 0 Å². The first-order valence-corrected chi connectivity index (χ1v) is 5.88. The molecule has 0 spiro atoms. The number of carbonyl (C=O) groups excluding carboxylic acids is 1. The molecule has 17 heavy (non-hydrogen) atoms. The summed E-state index contributed by atoms with van der Waals surface area (Å²) in [6.07, 6.45) is 1.53. The molecule has 0 aromatic heterocycles. The number of amides is 1. The number of rotatable bonds is 2. The van der Waals surface area contributed by atoms with Gasteiger partial charge in [0.25, 0.3) is 0 Å². The number of hydrogen-bond acceptors (Lipinski definition) is 3. The normalized spacial score (nSPS) is 28.8. The van der Waals surface area contributed by atoms with Crippen LogP contribution in [0.3, 0.4) is 0 Å². The second-order valence-electron chi connectivity index (χ2n) is 5.83. The van der Waals surface area contributed by atoms with Crippen molar-refractivity contribution in [3.8, 4) is 0 Å². The topological polar surface area (TPSA) is 75.6 Å². The van der Waals surface area contributed by atoms with E-state index >= 15 is 0 Å². The molecule has 5 nitrogen and oxygen atoms in total. The monoisotopic (exact) mass is 243 g/mol. The van der Waals surface area contributed by atoms with Crippen molar-refractivity contribution >= 4 is 12.1 Å². The van der Waals surface area contributed by atoms with Crippen molar-refractivity contribution in [2.24, 2.45) is 5.92 Å². The molecular formula is C12H21NO4. The molecule has 0 bridgehead atoms. The molecule has 1 aliphatic carbocycles. The summed E-state index contributed by atoms with van der Waals surface area (Å²) in [6, 6.07) is 0. The number of carbonyl (C=O) groups is 2. The molecule has 1 saturated carbocycles. The predicted molar refractivity (Wildman–Crippen MR) is 62.8 cm³/mol. The fourth-order valence-electron chi connectivity index (χ4n) is 2.25. The lowest BCUT2D eigenvalue weighted by Crippen LogP contribution is -2.52. The molecule has 5 heteroatoms. The standard InChI is InChI=1S/C12H21NO4/c1-11(2,3)17-10(16)13-12(4)7-5-6-8(12)9(14)15/h8H,5-7H2,1-4H3,(H,13,16)(H,14,15)/t8-,12+/m1/s1. The van der Waals surface area contributed by atoms with Crippen LogP contribution in [0.15, 0.2) is 0 Å². The molecule has 1 aliphatic rings. The van der Waals surface area contributed by atoms with Gasteiger partial charge in [-0.15, -0.1) is 0 Å². The molecule has 2 N–H and O–H groups in total. The second kappa shape index (κ2) is 4.55. The lowest BCUT2D eigenvalue weighted by Gasteiger charge is -2.31. The van der Waals surface area contributed by atoms with Crippen LogP contribution in [0, 0.1) is 5.92 Å². The van der Waals surface area contributed by atoms with Gasteiger partial charge in [-0.3, -0.25) is 4.79 Å². The maximum atomic E-state index is 11.7. The third-order valence-electron chi connectivity index (χ3n) is 3.04. The summed E-state index contributed by atoms with van der Waals surface area (Å²) in [5, 5.41) is 11.8. The average Bonchev–Trinajstić information content (AvgIpc) is 2.42. The summed E-state index contributed by atoms with van der Waals surface area (Å²) in [6.45, 7) is 7.09. The molecule has 2 atom stereocenters. The van der Waals surface area contributed by atoms with Crippen molar-refractivity contribution in [2.45, 2.75) is 58.1 Å². The largest absolute Gasteiger partial charge is 0.481 e. The Balaban J connectivity index is 2.66. The minimum absolute atomic E-state index is 0.532. The molecule has 0 radical (unpaired) electrons. The molecular weight excluding hydrogens is 222 g/mol. The highest BCUT2D eigenvalue weighted by molar-refractivity contribution is 5.75. The van der Waals surface area contributed by atoms with E-state index in [-0.39, 0.29) is 0 Å². The SMILES string of the molecule is CC(C)(C)OC(=O)N[C@@]1(C)CCC[C@@H]1C(=O)O. The van der Waals surface area contributed by atoms with Crippen LogP contribution < -0.4 is 5.32 Å². The van der Waals surface area contributed by atoms with Gasteiger partial charge in [0.15, 0.2) is 0 Å². The first kappa shape index (κ1) is 13.8. The van der Waals surface area contributed by atoms with Crippen molar-refractivity contribution in [3.63, 3.8) is 0 Å². The summed E-state index contributed by atoms with van der Waals surface area (Å²) in [4.78, 5) is 22.8. The van der Waals surface area contributed by atoms with E-state index in [1.54, 1.807) is 27.7 Å². The van der Waals surface area contributed by atoms with E-state index in [9.17, 15) is 9.59 Å². The number of ether oxygens (including phenoxy) is 1. The van der Waals surface area contributed by atoms with E-state index in [2.05, 4.69) is 5.32 Å². The Morgan fingerprint density at radius 2 is 2.00 bits per heavy atom. The van der Waals surface area contributed by atoms with Crippen LogP contribution in [0.25, 0.3) is 0 Å². The Morgan fingerprint density at radius 1 is 1.41 bits per heavy atom.